The van der Waals surface area contributed by atoms with Crippen molar-refractivity contribution in [2.24, 2.45) is 5.41 Å². The van der Waals surface area contributed by atoms with Crippen molar-refractivity contribution in [1.82, 2.24) is 5.32 Å². The van der Waals surface area contributed by atoms with Crippen molar-refractivity contribution in [3.8, 4) is 0 Å². The average molecular weight is 315 g/mol. The Hall–Kier alpha value is -0.580. The van der Waals surface area contributed by atoms with Crippen LogP contribution in [0.15, 0.2) is 22.7 Å². The first-order chi connectivity index (χ1) is 8.44. The maximum atomic E-state index is 5.85. The van der Waals surface area contributed by atoms with Gasteiger partial charge in [0.25, 0.3) is 0 Å². The van der Waals surface area contributed by atoms with E-state index in [1.54, 1.807) is 7.11 Å². The molecule has 0 saturated heterocycles. The number of nitrogens with two attached hydrogens (primary N) is 1. The fourth-order valence-corrected chi connectivity index (χ4v) is 1.96. The van der Waals surface area contributed by atoms with Crippen molar-refractivity contribution in [2.45, 2.75) is 26.8 Å². The lowest BCUT2D eigenvalue weighted by atomic mass is 9.89. The van der Waals surface area contributed by atoms with Gasteiger partial charge < -0.3 is 15.8 Å². The van der Waals surface area contributed by atoms with Gasteiger partial charge in [0.1, 0.15) is 0 Å². The molecule has 1 aromatic rings. The highest BCUT2D eigenvalue weighted by Crippen LogP contribution is 2.21. The van der Waals surface area contributed by atoms with Crippen LogP contribution in [0.4, 0.5) is 5.69 Å². The fraction of sp³-hybridized carbons (Fsp3) is 0.571. The van der Waals surface area contributed by atoms with E-state index < -0.39 is 0 Å². The molecule has 0 aliphatic rings. The van der Waals surface area contributed by atoms with E-state index in [0.717, 1.165) is 36.3 Å². The number of nitrogens with one attached hydrogen (secondary N) is 1. The number of benzene rings is 1. The maximum Gasteiger partial charge on any atom is 0.0467 e. The number of methoxy groups -OCH3 is 1. The molecule has 0 fully saturated rings. The minimum absolute atomic E-state index is 0.247. The first-order valence-corrected chi connectivity index (χ1v) is 6.97. The lowest BCUT2D eigenvalue weighted by Crippen LogP contribution is -2.30. The van der Waals surface area contributed by atoms with Crippen LogP contribution in [0.25, 0.3) is 0 Å². The topological polar surface area (TPSA) is 47.3 Å². The minimum Gasteiger partial charge on any atom is -0.398 e. The minimum atomic E-state index is 0.247. The van der Waals surface area contributed by atoms with Gasteiger partial charge in [-0.15, -0.1) is 0 Å². The summed E-state index contributed by atoms with van der Waals surface area (Å²) in [5, 5.41) is 3.47. The molecule has 102 valence electrons. The van der Waals surface area contributed by atoms with Crippen LogP contribution in [0.5, 0.6) is 0 Å². The standard InChI is InChI=1S/C14H23BrN2O/c1-14(2,6-7-18-3)10-17-9-11-4-5-12(15)13(16)8-11/h4-5,8,17H,6-7,9-10,16H2,1-3H3. The molecule has 0 aliphatic heterocycles. The lowest BCUT2D eigenvalue weighted by molar-refractivity contribution is 0.150. The fourth-order valence-electron chi connectivity index (χ4n) is 1.72. The molecule has 1 aromatic carbocycles. The molecule has 0 aromatic heterocycles. The summed E-state index contributed by atoms with van der Waals surface area (Å²) in [5.74, 6) is 0. The SMILES string of the molecule is COCCC(C)(C)CNCc1ccc(Br)c(N)c1. The van der Waals surface area contributed by atoms with Gasteiger partial charge in [-0.05, 0) is 45.5 Å². The Kier molecular flexibility index (Phi) is 6.12. The third kappa shape index (κ3) is 5.38. The van der Waals surface area contributed by atoms with Gasteiger partial charge in [-0.25, -0.2) is 0 Å². The Balaban J connectivity index is 2.39. The Morgan fingerprint density at radius 1 is 1.39 bits per heavy atom. The monoisotopic (exact) mass is 314 g/mol. The molecule has 0 unspecified atom stereocenters. The molecule has 1 rings (SSSR count). The van der Waals surface area contributed by atoms with Crippen LogP contribution in [0.1, 0.15) is 25.8 Å². The molecule has 4 heteroatoms. The lowest BCUT2D eigenvalue weighted by Gasteiger charge is -2.24. The summed E-state index contributed by atoms with van der Waals surface area (Å²) in [6.45, 7) is 7.10. The van der Waals surface area contributed by atoms with Crippen molar-refractivity contribution in [3.05, 3.63) is 28.2 Å². The highest BCUT2D eigenvalue weighted by Gasteiger charge is 2.16. The maximum absolute atomic E-state index is 5.85. The summed E-state index contributed by atoms with van der Waals surface area (Å²) in [5.41, 5.74) is 8.09. The normalized spacial score (nSPS) is 11.8. The first-order valence-electron chi connectivity index (χ1n) is 6.18. The van der Waals surface area contributed by atoms with Gasteiger partial charge >= 0.3 is 0 Å². The Bertz CT molecular complexity index is 380. The summed E-state index contributed by atoms with van der Waals surface area (Å²) in [7, 11) is 1.74. The van der Waals surface area contributed by atoms with Crippen LogP contribution in [0, 0.1) is 5.41 Å². The molecule has 0 atom stereocenters. The molecule has 3 nitrogen and oxygen atoms in total. The molecule has 0 heterocycles. The largest absolute Gasteiger partial charge is 0.398 e. The number of ether oxygens (including phenoxy) is 1. The number of anilines is 1. The van der Waals surface area contributed by atoms with Crippen LogP contribution in [0.2, 0.25) is 0 Å². The molecule has 0 saturated carbocycles. The third-order valence-electron chi connectivity index (χ3n) is 2.98. The molecular formula is C14H23BrN2O. The van der Waals surface area contributed by atoms with Crippen molar-refractivity contribution in [3.63, 3.8) is 0 Å². The van der Waals surface area contributed by atoms with Crippen molar-refractivity contribution < 1.29 is 4.74 Å². The van der Waals surface area contributed by atoms with Gasteiger partial charge in [0.2, 0.25) is 0 Å². The van der Waals surface area contributed by atoms with Gasteiger partial charge in [0.05, 0.1) is 0 Å². The Labute approximate surface area is 118 Å². The quantitative estimate of drug-likeness (QED) is 0.760. The van der Waals surface area contributed by atoms with E-state index in [1.165, 1.54) is 5.56 Å². The Morgan fingerprint density at radius 2 is 2.11 bits per heavy atom. The van der Waals surface area contributed by atoms with Gasteiger partial charge in [-0.1, -0.05) is 19.9 Å². The first kappa shape index (κ1) is 15.5. The summed E-state index contributed by atoms with van der Waals surface area (Å²) in [4.78, 5) is 0. The average Bonchev–Trinajstić information content (AvgIpc) is 2.31. The van der Waals surface area contributed by atoms with E-state index in [2.05, 4.69) is 41.2 Å². The highest BCUT2D eigenvalue weighted by molar-refractivity contribution is 9.10. The number of rotatable bonds is 7. The molecule has 0 amide bonds. The van der Waals surface area contributed by atoms with Gasteiger partial charge in [0, 0.05) is 37.0 Å². The second-order valence-corrected chi connectivity index (χ2v) is 6.22. The Morgan fingerprint density at radius 3 is 2.72 bits per heavy atom. The van der Waals surface area contributed by atoms with Crippen molar-refractivity contribution >= 4 is 21.6 Å². The number of hydrogen-bond donors (Lipinski definition) is 2. The number of nitrogen functional groups attached to an aromatic ring is 1. The predicted molar refractivity (Wildman–Crippen MR) is 80.5 cm³/mol. The van der Waals surface area contributed by atoms with E-state index in [-0.39, 0.29) is 5.41 Å². The second-order valence-electron chi connectivity index (χ2n) is 5.37. The summed E-state index contributed by atoms with van der Waals surface area (Å²) in [6, 6.07) is 6.07. The van der Waals surface area contributed by atoms with Crippen molar-refractivity contribution in [1.29, 1.82) is 0 Å². The van der Waals surface area contributed by atoms with Crippen molar-refractivity contribution in [2.75, 3.05) is 26.0 Å². The van der Waals surface area contributed by atoms with Gasteiger partial charge in [0.15, 0.2) is 0 Å². The van der Waals surface area contributed by atoms with E-state index in [4.69, 9.17) is 10.5 Å². The zero-order valence-electron chi connectivity index (χ0n) is 11.4. The van der Waals surface area contributed by atoms with Crippen LogP contribution in [-0.2, 0) is 11.3 Å². The molecular weight excluding hydrogens is 292 g/mol. The smallest absolute Gasteiger partial charge is 0.0467 e. The second kappa shape index (κ2) is 7.12. The van der Waals surface area contributed by atoms with E-state index in [0.29, 0.717) is 0 Å². The molecule has 0 spiro atoms. The molecule has 0 radical (unpaired) electrons. The summed E-state index contributed by atoms with van der Waals surface area (Å²) < 4.78 is 6.07. The molecule has 0 aliphatic carbocycles. The number of hydrogen-bond acceptors (Lipinski definition) is 3. The van der Waals surface area contributed by atoms with Crippen LogP contribution in [0.3, 0.4) is 0 Å². The van der Waals surface area contributed by atoms with E-state index in [1.807, 2.05) is 12.1 Å². The third-order valence-corrected chi connectivity index (χ3v) is 3.70. The van der Waals surface area contributed by atoms with Gasteiger partial charge in [-0.2, -0.15) is 0 Å². The summed E-state index contributed by atoms with van der Waals surface area (Å²) >= 11 is 3.40. The number of halogens is 1. The van der Waals surface area contributed by atoms with Crippen LogP contribution in [-0.4, -0.2) is 20.3 Å². The van der Waals surface area contributed by atoms with E-state index in [9.17, 15) is 0 Å². The van der Waals surface area contributed by atoms with Crippen LogP contribution < -0.4 is 11.1 Å². The molecule has 3 N–H and O–H groups in total. The van der Waals surface area contributed by atoms with Gasteiger partial charge in [-0.3, -0.25) is 0 Å². The molecule has 18 heavy (non-hydrogen) atoms. The molecule has 0 bridgehead atoms. The van der Waals surface area contributed by atoms with E-state index >= 15 is 0 Å². The predicted octanol–water partition coefficient (Wildman–Crippen LogP) is 3.18. The van der Waals surface area contributed by atoms with Crippen LogP contribution >= 0.6 is 15.9 Å². The highest BCUT2D eigenvalue weighted by atomic mass is 79.9. The summed E-state index contributed by atoms with van der Waals surface area (Å²) in [6.07, 6.45) is 1.05. The zero-order chi connectivity index (χ0) is 13.6. The zero-order valence-corrected chi connectivity index (χ0v) is 13.0.